The van der Waals surface area contributed by atoms with Gasteiger partial charge in [0.2, 0.25) is 10.0 Å². The van der Waals surface area contributed by atoms with Gasteiger partial charge in [-0.1, -0.05) is 19.3 Å². The SMILES string of the molecule is O=C(c1ccc(N2CCCCC2)c(S(=O)(=O)N2CCCCC2)c1)N1CCN(C2CCCC2)CC1. The largest absolute Gasteiger partial charge is 0.370 e. The quantitative estimate of drug-likeness (QED) is 0.634. The summed E-state index contributed by atoms with van der Waals surface area (Å²) in [6.07, 6.45) is 11.4. The van der Waals surface area contributed by atoms with Crippen LogP contribution >= 0.6 is 0 Å². The molecule has 0 bridgehead atoms. The fourth-order valence-electron chi connectivity index (χ4n) is 6.24. The number of anilines is 1. The number of carbonyl (C=O) groups excluding carboxylic acids is 1. The average molecular weight is 489 g/mol. The molecule has 0 spiro atoms. The molecule has 4 aliphatic rings. The van der Waals surface area contributed by atoms with Gasteiger partial charge in [-0.25, -0.2) is 8.42 Å². The van der Waals surface area contributed by atoms with Gasteiger partial charge in [-0.05, 0) is 63.1 Å². The molecule has 3 heterocycles. The minimum Gasteiger partial charge on any atom is -0.370 e. The van der Waals surface area contributed by atoms with E-state index in [2.05, 4.69) is 9.80 Å². The third-order valence-electron chi connectivity index (χ3n) is 8.28. The molecule has 0 radical (unpaired) electrons. The highest BCUT2D eigenvalue weighted by atomic mass is 32.2. The highest BCUT2D eigenvalue weighted by Gasteiger charge is 2.33. The van der Waals surface area contributed by atoms with Crippen molar-refractivity contribution in [3.63, 3.8) is 0 Å². The first kappa shape index (κ1) is 24.1. The van der Waals surface area contributed by atoms with E-state index < -0.39 is 10.0 Å². The number of amides is 1. The van der Waals surface area contributed by atoms with Crippen LogP contribution in [0.1, 0.15) is 74.6 Å². The molecule has 1 aromatic carbocycles. The fourth-order valence-corrected chi connectivity index (χ4v) is 7.99. The number of piperidine rings is 2. The summed E-state index contributed by atoms with van der Waals surface area (Å²) in [5.41, 5.74) is 1.28. The van der Waals surface area contributed by atoms with Crippen LogP contribution in [0, 0.1) is 0 Å². The van der Waals surface area contributed by atoms with Crippen LogP contribution in [0.15, 0.2) is 23.1 Å². The number of benzene rings is 1. The van der Waals surface area contributed by atoms with Gasteiger partial charge in [0.1, 0.15) is 4.90 Å². The zero-order valence-corrected chi connectivity index (χ0v) is 21.3. The normalized spacial score (nSPS) is 24.0. The van der Waals surface area contributed by atoms with Gasteiger partial charge in [-0.3, -0.25) is 9.69 Å². The summed E-state index contributed by atoms with van der Waals surface area (Å²) in [6.45, 7) is 6.17. The summed E-state index contributed by atoms with van der Waals surface area (Å²) in [7, 11) is -3.64. The minimum atomic E-state index is -3.64. The van der Waals surface area contributed by atoms with Crippen molar-refractivity contribution >= 4 is 21.6 Å². The van der Waals surface area contributed by atoms with E-state index in [4.69, 9.17) is 0 Å². The van der Waals surface area contributed by atoms with Gasteiger partial charge in [0.25, 0.3) is 5.91 Å². The Morgan fingerprint density at radius 1 is 0.735 bits per heavy atom. The molecule has 1 aromatic rings. The van der Waals surface area contributed by atoms with E-state index in [1.165, 1.54) is 32.1 Å². The van der Waals surface area contributed by atoms with E-state index >= 15 is 0 Å². The van der Waals surface area contributed by atoms with Crippen molar-refractivity contribution in [3.05, 3.63) is 23.8 Å². The molecule has 3 aliphatic heterocycles. The molecule has 5 rings (SSSR count). The lowest BCUT2D eigenvalue weighted by Crippen LogP contribution is -2.51. The van der Waals surface area contributed by atoms with Crippen LogP contribution in [0.3, 0.4) is 0 Å². The lowest BCUT2D eigenvalue weighted by atomic mass is 10.1. The Morgan fingerprint density at radius 2 is 1.35 bits per heavy atom. The summed E-state index contributed by atoms with van der Waals surface area (Å²) in [5, 5.41) is 0. The molecule has 1 amide bonds. The van der Waals surface area contributed by atoms with Crippen molar-refractivity contribution in [2.75, 3.05) is 57.3 Å². The Kier molecular flexibility index (Phi) is 7.46. The lowest BCUT2D eigenvalue weighted by Gasteiger charge is -2.38. The van der Waals surface area contributed by atoms with Crippen LogP contribution in [0.25, 0.3) is 0 Å². The van der Waals surface area contributed by atoms with E-state index in [1.807, 2.05) is 17.0 Å². The molecular formula is C26H40N4O3S. The van der Waals surface area contributed by atoms with Gasteiger partial charge >= 0.3 is 0 Å². The maximum atomic E-state index is 13.8. The number of piperazine rings is 1. The van der Waals surface area contributed by atoms with Crippen molar-refractivity contribution in [2.24, 2.45) is 0 Å². The molecule has 7 nitrogen and oxygen atoms in total. The van der Waals surface area contributed by atoms with E-state index in [0.29, 0.717) is 29.6 Å². The van der Waals surface area contributed by atoms with E-state index in [0.717, 1.165) is 77.1 Å². The minimum absolute atomic E-state index is 0.0358. The molecule has 0 unspecified atom stereocenters. The average Bonchev–Trinajstić information content (AvgIpc) is 3.44. The molecule has 3 saturated heterocycles. The Balaban J connectivity index is 1.38. The molecule has 1 aliphatic carbocycles. The summed E-state index contributed by atoms with van der Waals surface area (Å²) < 4.78 is 29.2. The molecule has 188 valence electrons. The second-order valence-corrected chi connectivity index (χ2v) is 12.4. The van der Waals surface area contributed by atoms with E-state index in [9.17, 15) is 13.2 Å². The van der Waals surface area contributed by atoms with Crippen molar-refractivity contribution in [3.8, 4) is 0 Å². The van der Waals surface area contributed by atoms with Crippen molar-refractivity contribution in [2.45, 2.75) is 75.1 Å². The van der Waals surface area contributed by atoms with Crippen molar-refractivity contribution in [1.82, 2.24) is 14.1 Å². The number of sulfonamides is 1. The topological polar surface area (TPSA) is 64.2 Å². The Bertz CT molecular complexity index is 956. The highest BCUT2D eigenvalue weighted by molar-refractivity contribution is 7.89. The molecule has 1 saturated carbocycles. The third-order valence-corrected chi connectivity index (χ3v) is 10.2. The molecule has 0 atom stereocenters. The first-order valence-electron chi connectivity index (χ1n) is 13.5. The van der Waals surface area contributed by atoms with Gasteiger partial charge in [0.05, 0.1) is 5.69 Å². The van der Waals surface area contributed by atoms with Crippen LogP contribution < -0.4 is 4.90 Å². The lowest BCUT2D eigenvalue weighted by molar-refractivity contribution is 0.0573. The second-order valence-electron chi connectivity index (χ2n) is 10.5. The summed E-state index contributed by atoms with van der Waals surface area (Å²) in [5.74, 6) is -0.0358. The van der Waals surface area contributed by atoms with Crippen LogP contribution in [-0.4, -0.2) is 86.8 Å². The van der Waals surface area contributed by atoms with Gasteiger partial charge in [0.15, 0.2) is 0 Å². The Hall–Kier alpha value is -1.64. The number of carbonyl (C=O) groups is 1. The number of hydrogen-bond donors (Lipinski definition) is 0. The van der Waals surface area contributed by atoms with Crippen molar-refractivity contribution < 1.29 is 13.2 Å². The Morgan fingerprint density at radius 3 is 2.00 bits per heavy atom. The van der Waals surface area contributed by atoms with Crippen LogP contribution in [0.4, 0.5) is 5.69 Å². The zero-order valence-electron chi connectivity index (χ0n) is 20.5. The summed E-state index contributed by atoms with van der Waals surface area (Å²) in [4.78, 5) is 20.4. The maximum Gasteiger partial charge on any atom is 0.253 e. The first-order valence-corrected chi connectivity index (χ1v) is 14.9. The van der Waals surface area contributed by atoms with Crippen molar-refractivity contribution in [1.29, 1.82) is 0 Å². The first-order chi connectivity index (χ1) is 16.5. The molecule has 0 N–H and O–H groups in total. The third kappa shape index (κ3) is 5.00. The molecule has 8 heteroatoms. The predicted molar refractivity (Wildman–Crippen MR) is 135 cm³/mol. The number of nitrogens with zero attached hydrogens (tertiary/aromatic N) is 4. The van der Waals surface area contributed by atoms with Crippen LogP contribution in [-0.2, 0) is 10.0 Å². The molecular weight excluding hydrogens is 448 g/mol. The van der Waals surface area contributed by atoms with E-state index in [-0.39, 0.29) is 5.91 Å². The molecule has 34 heavy (non-hydrogen) atoms. The summed E-state index contributed by atoms with van der Waals surface area (Å²) in [6, 6.07) is 6.11. The van der Waals surface area contributed by atoms with Gasteiger partial charge in [-0.2, -0.15) is 4.31 Å². The highest BCUT2D eigenvalue weighted by Crippen LogP contribution is 2.33. The summed E-state index contributed by atoms with van der Waals surface area (Å²) >= 11 is 0. The standard InChI is InChI=1S/C26H40N4O3S/c31-26(29-19-17-27(18-20-29)23-9-3-4-10-23)22-11-12-24(28-13-5-1-6-14-28)25(21-22)34(32,33)30-15-7-2-8-16-30/h11-12,21,23H,1-10,13-20H2. The number of hydrogen-bond acceptors (Lipinski definition) is 5. The maximum absolute atomic E-state index is 13.8. The monoisotopic (exact) mass is 488 g/mol. The van der Waals surface area contributed by atoms with Gasteiger partial charge in [0, 0.05) is 64.0 Å². The zero-order chi connectivity index (χ0) is 23.5. The van der Waals surface area contributed by atoms with Crippen LogP contribution in [0.5, 0.6) is 0 Å². The fraction of sp³-hybridized carbons (Fsp3) is 0.731. The number of rotatable bonds is 5. The Labute approximate surface area is 205 Å². The van der Waals surface area contributed by atoms with E-state index in [1.54, 1.807) is 10.4 Å². The predicted octanol–water partition coefficient (Wildman–Crippen LogP) is 3.55. The second kappa shape index (κ2) is 10.5. The van der Waals surface area contributed by atoms with Gasteiger partial charge in [-0.15, -0.1) is 0 Å². The van der Waals surface area contributed by atoms with Crippen LogP contribution in [0.2, 0.25) is 0 Å². The van der Waals surface area contributed by atoms with Gasteiger partial charge < -0.3 is 9.80 Å². The molecule has 4 fully saturated rings. The molecule has 0 aromatic heterocycles. The smallest absolute Gasteiger partial charge is 0.253 e.